The minimum Gasteiger partial charge on any atom is -0.462 e. The van der Waals surface area contributed by atoms with Crippen molar-refractivity contribution >= 4 is 11.9 Å². The molecule has 0 aliphatic carbocycles. The molecule has 1 atom stereocenters. The Labute approximate surface area is 404 Å². The molecule has 0 spiro atoms. The molecule has 5 heteroatoms. The Kier molecular flexibility index (Phi) is 53.9. The molecule has 5 nitrogen and oxygen atoms in total. The highest BCUT2D eigenvalue weighted by molar-refractivity contribution is 5.70. The van der Waals surface area contributed by atoms with Gasteiger partial charge in [-0.3, -0.25) is 9.59 Å². The van der Waals surface area contributed by atoms with Crippen LogP contribution in [-0.4, -0.2) is 36.4 Å². The van der Waals surface area contributed by atoms with E-state index in [2.05, 4.69) is 74.6 Å². The first-order chi connectivity index (χ1) is 32.1. The third-order valence-corrected chi connectivity index (χ3v) is 12.5. The van der Waals surface area contributed by atoms with Gasteiger partial charge in [-0.1, -0.05) is 254 Å². The van der Waals surface area contributed by atoms with Gasteiger partial charge in [0.15, 0.2) is 6.10 Å². The molecule has 1 unspecified atom stereocenters. The van der Waals surface area contributed by atoms with E-state index in [0.29, 0.717) is 12.8 Å². The van der Waals surface area contributed by atoms with E-state index in [1.807, 2.05) is 0 Å². The highest BCUT2D eigenvalue weighted by Gasteiger charge is 2.16. The third kappa shape index (κ3) is 54.1. The van der Waals surface area contributed by atoms with E-state index < -0.39 is 6.10 Å². The first kappa shape index (κ1) is 62.6. The van der Waals surface area contributed by atoms with Gasteiger partial charge in [-0.25, -0.2) is 0 Å². The fraction of sp³-hybridized carbons (Fsp3) is 0.800. The maximum Gasteiger partial charge on any atom is 0.306 e. The number of rotatable bonds is 52. The molecule has 0 amide bonds. The Balaban J connectivity index is 3.45. The van der Waals surface area contributed by atoms with E-state index in [9.17, 15) is 14.7 Å². The average molecular weight is 910 g/mol. The zero-order valence-corrected chi connectivity index (χ0v) is 43.3. The summed E-state index contributed by atoms with van der Waals surface area (Å²) in [7, 11) is 0. The lowest BCUT2D eigenvalue weighted by Crippen LogP contribution is -2.28. The number of carbonyl (C=O) groups is 2. The summed E-state index contributed by atoms with van der Waals surface area (Å²) in [6.45, 7) is 4.13. The lowest BCUT2D eigenvalue weighted by Gasteiger charge is -2.15. The molecule has 1 N–H and O–H groups in total. The predicted octanol–water partition coefficient (Wildman–Crippen LogP) is 19.0. The van der Waals surface area contributed by atoms with Crippen molar-refractivity contribution in [2.24, 2.45) is 0 Å². The largest absolute Gasteiger partial charge is 0.462 e. The van der Waals surface area contributed by atoms with Crippen LogP contribution < -0.4 is 0 Å². The van der Waals surface area contributed by atoms with Crippen molar-refractivity contribution < 1.29 is 24.2 Å². The van der Waals surface area contributed by atoms with Crippen LogP contribution in [0.4, 0.5) is 0 Å². The molecular weight excluding hydrogens is 801 g/mol. The standard InChI is InChI=1S/C60H108O5/c1-3-5-7-9-11-13-15-17-19-21-23-24-25-26-27-28-29-30-31-32-33-34-35-36-37-39-41-43-45-47-49-51-53-55-60(63)65-58(56-61)57-64-59(62)54-52-50-48-46-44-42-40-38-22-20-18-16-14-12-10-8-6-4-2/h14-17,20-23,25-26,58,61H,3-13,18-19,24,27-57H2,1-2H3/b16-14-,17-15-,22-20-,23-21-,26-25-. The summed E-state index contributed by atoms with van der Waals surface area (Å²) >= 11 is 0. The summed E-state index contributed by atoms with van der Waals surface area (Å²) in [5, 5.41) is 9.64. The Morgan fingerprint density at radius 1 is 0.354 bits per heavy atom. The van der Waals surface area contributed by atoms with Gasteiger partial charge in [0.2, 0.25) is 0 Å². The van der Waals surface area contributed by atoms with Gasteiger partial charge in [-0.15, -0.1) is 0 Å². The molecule has 0 aromatic rings. The van der Waals surface area contributed by atoms with E-state index in [4.69, 9.17) is 9.47 Å². The SMILES string of the molecule is CCCCCC/C=C\C/C=C\CCCCCCCCCC(=O)OCC(CO)OC(=O)CCCCCCCCCCCCCCCCCCCC/C=C\C/C=C\C/C=C\CCCCCCC. The van der Waals surface area contributed by atoms with Gasteiger partial charge in [0, 0.05) is 12.8 Å². The first-order valence-electron chi connectivity index (χ1n) is 28.3. The van der Waals surface area contributed by atoms with Crippen molar-refractivity contribution in [2.45, 2.75) is 296 Å². The number of aliphatic hydroxyl groups excluding tert-OH is 1. The lowest BCUT2D eigenvalue weighted by molar-refractivity contribution is -0.161. The number of allylic oxidation sites excluding steroid dienone is 10. The molecule has 0 heterocycles. The van der Waals surface area contributed by atoms with E-state index in [-0.39, 0.29) is 25.2 Å². The maximum atomic E-state index is 12.3. The van der Waals surface area contributed by atoms with Crippen molar-refractivity contribution in [3.05, 3.63) is 60.8 Å². The van der Waals surface area contributed by atoms with Crippen LogP contribution in [0.25, 0.3) is 0 Å². The van der Waals surface area contributed by atoms with Crippen LogP contribution in [0.3, 0.4) is 0 Å². The highest BCUT2D eigenvalue weighted by atomic mass is 16.6. The second kappa shape index (κ2) is 55.9. The Morgan fingerprint density at radius 2 is 0.615 bits per heavy atom. The number of ether oxygens (including phenoxy) is 2. The topological polar surface area (TPSA) is 72.8 Å². The molecule has 0 radical (unpaired) electrons. The molecule has 0 saturated heterocycles. The molecule has 0 aliphatic heterocycles. The predicted molar refractivity (Wildman–Crippen MR) is 284 cm³/mol. The first-order valence-corrected chi connectivity index (χ1v) is 28.3. The molecule has 0 rings (SSSR count). The van der Waals surface area contributed by atoms with Gasteiger partial charge in [-0.05, 0) is 83.5 Å². The maximum absolute atomic E-state index is 12.3. The molecular formula is C60H108O5. The van der Waals surface area contributed by atoms with Crippen LogP contribution in [0.1, 0.15) is 290 Å². The van der Waals surface area contributed by atoms with Crippen molar-refractivity contribution in [3.8, 4) is 0 Å². The fourth-order valence-electron chi connectivity index (χ4n) is 8.24. The van der Waals surface area contributed by atoms with Gasteiger partial charge in [0.1, 0.15) is 6.61 Å². The van der Waals surface area contributed by atoms with Crippen molar-refractivity contribution in [3.63, 3.8) is 0 Å². The molecule has 0 saturated carbocycles. The number of hydrogen-bond donors (Lipinski definition) is 1. The molecule has 0 aromatic carbocycles. The Bertz CT molecular complexity index is 1120. The van der Waals surface area contributed by atoms with Crippen molar-refractivity contribution in [1.82, 2.24) is 0 Å². The zero-order chi connectivity index (χ0) is 47.0. The van der Waals surface area contributed by atoms with Crippen molar-refractivity contribution in [1.29, 1.82) is 0 Å². The number of unbranched alkanes of at least 4 members (excludes halogenated alkanes) is 34. The molecule has 0 bridgehead atoms. The quantitative estimate of drug-likeness (QED) is 0.0374. The normalized spacial score (nSPS) is 12.6. The average Bonchev–Trinajstić information content (AvgIpc) is 3.31. The number of hydrogen-bond acceptors (Lipinski definition) is 5. The second-order valence-corrected chi connectivity index (χ2v) is 19.0. The van der Waals surface area contributed by atoms with Crippen LogP contribution >= 0.6 is 0 Å². The fourth-order valence-corrected chi connectivity index (χ4v) is 8.24. The Morgan fingerprint density at radius 3 is 0.938 bits per heavy atom. The van der Waals surface area contributed by atoms with Crippen LogP contribution in [0, 0.1) is 0 Å². The second-order valence-electron chi connectivity index (χ2n) is 19.0. The summed E-state index contributed by atoms with van der Waals surface area (Å²) < 4.78 is 10.7. The summed E-state index contributed by atoms with van der Waals surface area (Å²) in [6.07, 6.45) is 74.8. The number of carbonyl (C=O) groups excluding carboxylic acids is 2. The lowest BCUT2D eigenvalue weighted by atomic mass is 10.0. The molecule has 0 aliphatic rings. The minimum absolute atomic E-state index is 0.0687. The third-order valence-electron chi connectivity index (χ3n) is 12.5. The highest BCUT2D eigenvalue weighted by Crippen LogP contribution is 2.16. The number of aliphatic hydroxyl groups is 1. The van der Waals surface area contributed by atoms with E-state index in [1.54, 1.807) is 0 Å². The number of esters is 2. The van der Waals surface area contributed by atoms with Gasteiger partial charge in [-0.2, -0.15) is 0 Å². The van der Waals surface area contributed by atoms with E-state index in [1.165, 1.54) is 199 Å². The molecule has 0 fully saturated rings. The summed E-state index contributed by atoms with van der Waals surface area (Å²) in [5.74, 6) is -0.590. The smallest absolute Gasteiger partial charge is 0.306 e. The van der Waals surface area contributed by atoms with Crippen molar-refractivity contribution in [2.75, 3.05) is 13.2 Å². The van der Waals surface area contributed by atoms with Gasteiger partial charge < -0.3 is 14.6 Å². The molecule has 378 valence electrons. The van der Waals surface area contributed by atoms with Crippen LogP contribution in [-0.2, 0) is 19.1 Å². The van der Waals surface area contributed by atoms with Crippen LogP contribution in [0.2, 0.25) is 0 Å². The Hall–Kier alpha value is -2.40. The molecule has 65 heavy (non-hydrogen) atoms. The summed E-state index contributed by atoms with van der Waals surface area (Å²) in [5.41, 5.74) is 0. The summed E-state index contributed by atoms with van der Waals surface area (Å²) in [4.78, 5) is 24.5. The van der Waals surface area contributed by atoms with Gasteiger partial charge >= 0.3 is 11.9 Å². The van der Waals surface area contributed by atoms with Gasteiger partial charge in [0.25, 0.3) is 0 Å². The van der Waals surface area contributed by atoms with Crippen LogP contribution in [0.15, 0.2) is 60.8 Å². The monoisotopic (exact) mass is 909 g/mol. The minimum atomic E-state index is -0.776. The van der Waals surface area contributed by atoms with E-state index >= 15 is 0 Å². The van der Waals surface area contributed by atoms with E-state index in [0.717, 1.165) is 64.2 Å². The zero-order valence-electron chi connectivity index (χ0n) is 43.3. The molecule has 0 aromatic heterocycles. The van der Waals surface area contributed by atoms with Crippen LogP contribution in [0.5, 0.6) is 0 Å². The van der Waals surface area contributed by atoms with Gasteiger partial charge in [0.05, 0.1) is 6.61 Å². The summed E-state index contributed by atoms with van der Waals surface area (Å²) in [6, 6.07) is 0.